The zero-order valence-electron chi connectivity index (χ0n) is 13.1. The van der Waals surface area contributed by atoms with Gasteiger partial charge in [-0.3, -0.25) is 4.98 Å². The van der Waals surface area contributed by atoms with Gasteiger partial charge in [0.1, 0.15) is 11.5 Å². The quantitative estimate of drug-likeness (QED) is 0.761. The molecule has 0 aliphatic carbocycles. The Bertz CT molecular complexity index is 1040. The van der Waals surface area contributed by atoms with Gasteiger partial charge < -0.3 is 0 Å². The molecule has 2 aromatic heterocycles. The molecule has 0 bridgehead atoms. The number of hydrogen-bond acceptors (Lipinski definition) is 7. The monoisotopic (exact) mass is 352 g/mol. The summed E-state index contributed by atoms with van der Waals surface area (Å²) in [5.41, 5.74) is 0.874. The Hall–Kier alpha value is -3.38. The molecule has 9 heteroatoms. The van der Waals surface area contributed by atoms with E-state index < -0.39 is 10.0 Å². The Morgan fingerprint density at radius 3 is 2.44 bits per heavy atom. The standard InChI is InChI=1S/C16H12N6O2S/c1-11-19-15(14-4-2-3-9-18-14)21-16(20-11)22-25(23,24)13-7-5-12(10-17)6-8-13/h2-9H,1H3,(H,19,20,21,22). The van der Waals surface area contributed by atoms with Gasteiger partial charge in [-0.2, -0.15) is 15.2 Å². The van der Waals surface area contributed by atoms with Crippen LogP contribution < -0.4 is 4.72 Å². The Morgan fingerprint density at radius 1 is 1.04 bits per heavy atom. The Labute approximate surface area is 144 Å². The molecule has 0 spiro atoms. The molecule has 0 atom stereocenters. The zero-order valence-corrected chi connectivity index (χ0v) is 13.9. The van der Waals surface area contributed by atoms with Crippen LogP contribution in [0.15, 0.2) is 53.6 Å². The van der Waals surface area contributed by atoms with E-state index in [-0.39, 0.29) is 16.7 Å². The third-order valence-electron chi connectivity index (χ3n) is 3.16. The van der Waals surface area contributed by atoms with Crippen molar-refractivity contribution in [2.24, 2.45) is 0 Å². The van der Waals surface area contributed by atoms with Gasteiger partial charge in [0.25, 0.3) is 10.0 Å². The predicted octanol–water partition coefficient (Wildman–Crippen LogP) is 1.91. The minimum atomic E-state index is -3.89. The lowest BCUT2D eigenvalue weighted by Crippen LogP contribution is -2.16. The second-order valence-corrected chi connectivity index (χ2v) is 6.67. The number of nitrogens with zero attached hydrogens (tertiary/aromatic N) is 5. The Morgan fingerprint density at radius 2 is 1.80 bits per heavy atom. The molecule has 0 aliphatic rings. The minimum absolute atomic E-state index is 0.00366. The van der Waals surface area contributed by atoms with E-state index in [1.54, 1.807) is 31.3 Å². The number of nitriles is 1. The number of hydrogen-bond donors (Lipinski definition) is 1. The summed E-state index contributed by atoms with van der Waals surface area (Å²) in [6.07, 6.45) is 1.59. The van der Waals surface area contributed by atoms with Crippen LogP contribution in [0.3, 0.4) is 0 Å². The average Bonchev–Trinajstić information content (AvgIpc) is 2.61. The molecule has 8 nitrogen and oxygen atoms in total. The molecule has 0 aliphatic heterocycles. The SMILES string of the molecule is Cc1nc(NS(=O)(=O)c2ccc(C#N)cc2)nc(-c2ccccn2)n1. The van der Waals surface area contributed by atoms with Crippen molar-refractivity contribution >= 4 is 16.0 Å². The van der Waals surface area contributed by atoms with Gasteiger partial charge in [-0.05, 0) is 43.3 Å². The van der Waals surface area contributed by atoms with Crippen molar-refractivity contribution in [3.8, 4) is 17.6 Å². The smallest absolute Gasteiger partial charge is 0.253 e. The number of anilines is 1. The van der Waals surface area contributed by atoms with E-state index in [1.165, 1.54) is 24.3 Å². The molecule has 0 fully saturated rings. The summed E-state index contributed by atoms with van der Waals surface area (Å²) in [4.78, 5) is 16.5. The van der Waals surface area contributed by atoms with Crippen LogP contribution in [-0.2, 0) is 10.0 Å². The van der Waals surface area contributed by atoms with E-state index in [2.05, 4.69) is 24.7 Å². The van der Waals surface area contributed by atoms with Crippen molar-refractivity contribution in [3.05, 3.63) is 60.0 Å². The van der Waals surface area contributed by atoms with Gasteiger partial charge >= 0.3 is 0 Å². The molecule has 3 aromatic rings. The number of rotatable bonds is 4. The molecule has 0 saturated carbocycles. The highest BCUT2D eigenvalue weighted by atomic mass is 32.2. The lowest BCUT2D eigenvalue weighted by molar-refractivity contribution is 0.600. The lowest BCUT2D eigenvalue weighted by atomic mass is 10.2. The summed E-state index contributed by atoms with van der Waals surface area (Å²) in [5, 5.41) is 8.79. The Kier molecular flexibility index (Phi) is 4.36. The van der Waals surface area contributed by atoms with Gasteiger partial charge in [-0.25, -0.2) is 18.1 Å². The Balaban J connectivity index is 1.94. The first kappa shape index (κ1) is 16.5. The maximum atomic E-state index is 12.5. The van der Waals surface area contributed by atoms with E-state index >= 15 is 0 Å². The van der Waals surface area contributed by atoms with Crippen molar-refractivity contribution in [2.75, 3.05) is 4.72 Å². The number of aromatic nitrogens is 4. The van der Waals surface area contributed by atoms with Crippen molar-refractivity contribution in [3.63, 3.8) is 0 Å². The molecule has 3 rings (SSSR count). The summed E-state index contributed by atoms with van der Waals surface area (Å²) in [6.45, 7) is 1.63. The molecular formula is C16H12N6O2S. The number of nitrogens with one attached hydrogen (secondary N) is 1. The molecule has 124 valence electrons. The predicted molar refractivity (Wildman–Crippen MR) is 89.8 cm³/mol. The number of pyridine rings is 1. The largest absolute Gasteiger partial charge is 0.264 e. The van der Waals surface area contributed by atoms with Crippen LogP contribution in [0.5, 0.6) is 0 Å². The maximum Gasteiger partial charge on any atom is 0.264 e. The fraction of sp³-hybridized carbons (Fsp3) is 0.0625. The molecule has 0 amide bonds. The summed E-state index contributed by atoms with van der Waals surface area (Å²) < 4.78 is 27.2. The van der Waals surface area contributed by atoms with E-state index in [0.29, 0.717) is 17.1 Å². The summed E-state index contributed by atoms with van der Waals surface area (Å²) in [6, 6.07) is 12.7. The molecule has 0 saturated heterocycles. The first-order chi connectivity index (χ1) is 12.0. The van der Waals surface area contributed by atoms with Crippen LogP contribution in [0.25, 0.3) is 11.5 Å². The van der Waals surface area contributed by atoms with Gasteiger partial charge in [-0.1, -0.05) is 6.07 Å². The van der Waals surface area contributed by atoms with E-state index in [9.17, 15) is 8.42 Å². The molecule has 2 heterocycles. The minimum Gasteiger partial charge on any atom is -0.253 e. The summed E-state index contributed by atoms with van der Waals surface area (Å²) in [7, 11) is -3.89. The van der Waals surface area contributed by atoms with Gasteiger partial charge in [0.15, 0.2) is 5.82 Å². The van der Waals surface area contributed by atoms with Crippen LogP contribution in [0, 0.1) is 18.3 Å². The second-order valence-electron chi connectivity index (χ2n) is 4.99. The van der Waals surface area contributed by atoms with Crippen LogP contribution in [0.1, 0.15) is 11.4 Å². The van der Waals surface area contributed by atoms with Crippen LogP contribution >= 0.6 is 0 Å². The molecule has 1 aromatic carbocycles. The fourth-order valence-corrected chi connectivity index (χ4v) is 2.97. The third kappa shape index (κ3) is 3.76. The van der Waals surface area contributed by atoms with Crippen LogP contribution in [0.4, 0.5) is 5.95 Å². The zero-order chi connectivity index (χ0) is 17.9. The fourth-order valence-electron chi connectivity index (χ4n) is 2.02. The van der Waals surface area contributed by atoms with Gasteiger partial charge in [-0.15, -0.1) is 0 Å². The highest BCUT2D eigenvalue weighted by molar-refractivity contribution is 7.92. The van der Waals surface area contributed by atoms with E-state index in [4.69, 9.17) is 5.26 Å². The van der Waals surface area contributed by atoms with Crippen LogP contribution in [-0.4, -0.2) is 28.4 Å². The number of benzene rings is 1. The highest BCUT2D eigenvalue weighted by Gasteiger charge is 2.17. The topological polar surface area (TPSA) is 122 Å². The molecule has 0 radical (unpaired) electrons. The first-order valence-electron chi connectivity index (χ1n) is 7.15. The normalized spacial score (nSPS) is 10.9. The molecule has 0 unspecified atom stereocenters. The average molecular weight is 352 g/mol. The second kappa shape index (κ2) is 6.62. The maximum absolute atomic E-state index is 12.5. The van der Waals surface area contributed by atoms with Crippen molar-refractivity contribution in [2.45, 2.75) is 11.8 Å². The van der Waals surface area contributed by atoms with Crippen LogP contribution in [0.2, 0.25) is 0 Å². The molecular weight excluding hydrogens is 340 g/mol. The van der Waals surface area contributed by atoms with Gasteiger partial charge in [0.05, 0.1) is 16.5 Å². The summed E-state index contributed by atoms with van der Waals surface area (Å²) >= 11 is 0. The number of aryl methyl sites for hydroxylation is 1. The third-order valence-corrected chi connectivity index (χ3v) is 4.50. The van der Waals surface area contributed by atoms with Crippen molar-refractivity contribution in [1.29, 1.82) is 5.26 Å². The lowest BCUT2D eigenvalue weighted by Gasteiger charge is -2.08. The van der Waals surface area contributed by atoms with Crippen molar-refractivity contribution < 1.29 is 8.42 Å². The van der Waals surface area contributed by atoms with E-state index in [1.807, 2.05) is 6.07 Å². The van der Waals surface area contributed by atoms with Crippen molar-refractivity contribution in [1.82, 2.24) is 19.9 Å². The first-order valence-corrected chi connectivity index (χ1v) is 8.63. The molecule has 1 N–H and O–H groups in total. The van der Waals surface area contributed by atoms with E-state index in [0.717, 1.165) is 0 Å². The highest BCUT2D eigenvalue weighted by Crippen LogP contribution is 2.17. The number of sulfonamides is 1. The summed E-state index contributed by atoms with van der Waals surface area (Å²) in [5.74, 6) is 0.524. The molecule has 25 heavy (non-hydrogen) atoms. The van der Waals surface area contributed by atoms with Gasteiger partial charge in [0.2, 0.25) is 5.95 Å². The van der Waals surface area contributed by atoms with Gasteiger partial charge in [0, 0.05) is 6.20 Å².